The van der Waals surface area contributed by atoms with Crippen LogP contribution >= 0.6 is 12.2 Å². The van der Waals surface area contributed by atoms with Crippen molar-refractivity contribution in [2.45, 2.75) is 6.54 Å². The smallest absolute Gasteiger partial charge is 0.163 e. The van der Waals surface area contributed by atoms with E-state index in [1.54, 1.807) is 0 Å². The highest BCUT2D eigenvalue weighted by atomic mass is 32.1. The fourth-order valence-corrected chi connectivity index (χ4v) is 1.71. The maximum absolute atomic E-state index is 5.38. The molecule has 86 valence electrons. The molecule has 3 heteroatoms. The lowest BCUT2D eigenvalue weighted by molar-refractivity contribution is 0.920. The maximum atomic E-state index is 5.38. The molecule has 17 heavy (non-hydrogen) atoms. The van der Waals surface area contributed by atoms with Crippen LogP contribution in [0.2, 0.25) is 0 Å². The molecule has 0 fully saturated rings. The van der Waals surface area contributed by atoms with Gasteiger partial charge in [0.15, 0.2) is 5.11 Å². The second-order valence-corrected chi connectivity index (χ2v) is 4.22. The molecule has 0 heterocycles. The van der Waals surface area contributed by atoms with Crippen LogP contribution in [-0.4, -0.2) is 5.11 Å². The number of thiocarbonyl (C=S) groups is 1. The first-order valence-electron chi connectivity index (χ1n) is 5.43. The van der Waals surface area contributed by atoms with E-state index in [-0.39, 0.29) is 0 Å². The molecular formula is C14H14N2S. The Morgan fingerprint density at radius 3 is 2.12 bits per heavy atom. The summed E-state index contributed by atoms with van der Waals surface area (Å²) in [7, 11) is 0. The van der Waals surface area contributed by atoms with Gasteiger partial charge in [-0.25, -0.2) is 0 Å². The van der Waals surface area contributed by atoms with Gasteiger partial charge in [-0.05, 0) is 28.9 Å². The summed E-state index contributed by atoms with van der Waals surface area (Å²) in [5, 5.41) is 3.26. The molecule has 0 bridgehead atoms. The first-order valence-corrected chi connectivity index (χ1v) is 5.84. The van der Waals surface area contributed by atoms with Crippen molar-refractivity contribution >= 4 is 17.3 Å². The zero-order valence-electron chi connectivity index (χ0n) is 9.39. The molecule has 0 aliphatic carbocycles. The summed E-state index contributed by atoms with van der Waals surface area (Å²) in [6, 6.07) is 18.7. The number of benzene rings is 2. The van der Waals surface area contributed by atoms with Crippen molar-refractivity contribution in [3.05, 3.63) is 60.2 Å². The molecule has 0 saturated heterocycles. The summed E-state index contributed by atoms with van der Waals surface area (Å²) in [6.45, 7) is 0.671. The molecular weight excluding hydrogens is 228 g/mol. The lowest BCUT2D eigenvalue weighted by atomic mass is 10.0. The van der Waals surface area contributed by atoms with Crippen molar-refractivity contribution < 1.29 is 0 Å². The predicted octanol–water partition coefficient (Wildman–Crippen LogP) is 2.69. The summed E-state index contributed by atoms with van der Waals surface area (Å²) < 4.78 is 0. The van der Waals surface area contributed by atoms with Crippen molar-refractivity contribution in [3.8, 4) is 11.1 Å². The van der Waals surface area contributed by atoms with Crippen LogP contribution in [0.1, 0.15) is 5.56 Å². The maximum Gasteiger partial charge on any atom is 0.163 e. The zero-order chi connectivity index (χ0) is 12.1. The van der Waals surface area contributed by atoms with Gasteiger partial charge in [-0.1, -0.05) is 54.6 Å². The van der Waals surface area contributed by atoms with E-state index in [9.17, 15) is 0 Å². The highest BCUT2D eigenvalue weighted by Gasteiger charge is 1.97. The Balaban J connectivity index is 2.11. The van der Waals surface area contributed by atoms with Crippen LogP contribution in [0, 0.1) is 0 Å². The average molecular weight is 242 g/mol. The van der Waals surface area contributed by atoms with Crippen LogP contribution in [0.25, 0.3) is 11.1 Å². The molecule has 0 radical (unpaired) electrons. The zero-order valence-corrected chi connectivity index (χ0v) is 10.2. The summed E-state index contributed by atoms with van der Waals surface area (Å²) >= 11 is 4.76. The lowest BCUT2D eigenvalue weighted by Crippen LogP contribution is -2.28. The molecule has 0 amide bonds. The summed E-state index contributed by atoms with van der Waals surface area (Å²) in [6.07, 6.45) is 0. The Kier molecular flexibility index (Phi) is 3.73. The highest BCUT2D eigenvalue weighted by molar-refractivity contribution is 7.80. The standard InChI is InChI=1S/C14H14N2S/c15-14(17)16-10-11-6-8-13(9-7-11)12-4-2-1-3-5-12/h1-9H,10H2,(H3,15,16,17). The number of hydrogen-bond acceptors (Lipinski definition) is 1. The Morgan fingerprint density at radius 1 is 0.941 bits per heavy atom. The van der Waals surface area contributed by atoms with Gasteiger partial charge in [0.1, 0.15) is 0 Å². The molecule has 0 aliphatic rings. The van der Waals surface area contributed by atoms with E-state index in [0.29, 0.717) is 11.7 Å². The molecule has 2 nitrogen and oxygen atoms in total. The van der Waals surface area contributed by atoms with Gasteiger partial charge >= 0.3 is 0 Å². The summed E-state index contributed by atoms with van der Waals surface area (Å²) in [5.41, 5.74) is 8.98. The number of rotatable bonds is 3. The van der Waals surface area contributed by atoms with Crippen molar-refractivity contribution in [3.63, 3.8) is 0 Å². The number of nitrogens with two attached hydrogens (primary N) is 1. The van der Waals surface area contributed by atoms with Crippen LogP contribution in [0.3, 0.4) is 0 Å². The van der Waals surface area contributed by atoms with E-state index in [0.717, 1.165) is 5.56 Å². The van der Waals surface area contributed by atoms with Gasteiger partial charge in [0.25, 0.3) is 0 Å². The molecule has 0 aliphatic heterocycles. The normalized spacial score (nSPS) is 9.88. The minimum Gasteiger partial charge on any atom is -0.376 e. The topological polar surface area (TPSA) is 38.0 Å². The average Bonchev–Trinajstić information content (AvgIpc) is 2.38. The highest BCUT2D eigenvalue weighted by Crippen LogP contribution is 2.18. The van der Waals surface area contributed by atoms with Gasteiger partial charge in [0, 0.05) is 6.54 Å². The van der Waals surface area contributed by atoms with Crippen molar-refractivity contribution in [2.24, 2.45) is 5.73 Å². The van der Waals surface area contributed by atoms with E-state index >= 15 is 0 Å². The Hall–Kier alpha value is -1.87. The third-order valence-corrected chi connectivity index (χ3v) is 2.67. The molecule has 2 aromatic rings. The SMILES string of the molecule is NC(=S)NCc1ccc(-c2ccccc2)cc1. The second-order valence-electron chi connectivity index (χ2n) is 3.78. The van der Waals surface area contributed by atoms with E-state index in [4.69, 9.17) is 18.0 Å². The van der Waals surface area contributed by atoms with E-state index in [1.807, 2.05) is 18.2 Å². The number of hydrogen-bond donors (Lipinski definition) is 2. The molecule has 0 aromatic heterocycles. The third-order valence-electron chi connectivity index (χ3n) is 2.53. The van der Waals surface area contributed by atoms with Crippen molar-refractivity contribution in [1.29, 1.82) is 0 Å². The fraction of sp³-hybridized carbons (Fsp3) is 0.0714. The van der Waals surface area contributed by atoms with Crippen LogP contribution in [0.15, 0.2) is 54.6 Å². The molecule has 2 aromatic carbocycles. The van der Waals surface area contributed by atoms with Crippen LogP contribution in [-0.2, 0) is 6.54 Å². The summed E-state index contributed by atoms with van der Waals surface area (Å²) in [4.78, 5) is 0. The van der Waals surface area contributed by atoms with Gasteiger partial charge < -0.3 is 11.1 Å². The van der Waals surface area contributed by atoms with E-state index in [2.05, 4.69) is 41.7 Å². The first-order chi connectivity index (χ1) is 8.25. The third kappa shape index (κ3) is 3.29. The van der Waals surface area contributed by atoms with Gasteiger partial charge in [0.2, 0.25) is 0 Å². The van der Waals surface area contributed by atoms with Gasteiger partial charge in [-0.2, -0.15) is 0 Å². The fourth-order valence-electron chi connectivity index (χ4n) is 1.63. The van der Waals surface area contributed by atoms with Crippen LogP contribution < -0.4 is 11.1 Å². The largest absolute Gasteiger partial charge is 0.376 e. The number of nitrogens with one attached hydrogen (secondary N) is 1. The van der Waals surface area contributed by atoms with Crippen molar-refractivity contribution in [1.82, 2.24) is 5.32 Å². The monoisotopic (exact) mass is 242 g/mol. The predicted molar refractivity (Wildman–Crippen MR) is 75.5 cm³/mol. The van der Waals surface area contributed by atoms with E-state index in [1.165, 1.54) is 11.1 Å². The van der Waals surface area contributed by atoms with Gasteiger partial charge in [-0.3, -0.25) is 0 Å². The molecule has 0 saturated carbocycles. The van der Waals surface area contributed by atoms with Crippen LogP contribution in [0.5, 0.6) is 0 Å². The molecule has 0 spiro atoms. The minimum atomic E-state index is 0.331. The Labute approximate surface area is 106 Å². The Bertz CT molecular complexity index is 491. The molecule has 2 rings (SSSR count). The molecule has 3 N–H and O–H groups in total. The van der Waals surface area contributed by atoms with E-state index < -0.39 is 0 Å². The van der Waals surface area contributed by atoms with Crippen LogP contribution in [0.4, 0.5) is 0 Å². The molecule has 0 unspecified atom stereocenters. The van der Waals surface area contributed by atoms with Gasteiger partial charge in [-0.15, -0.1) is 0 Å². The van der Waals surface area contributed by atoms with Crippen molar-refractivity contribution in [2.75, 3.05) is 0 Å². The first kappa shape index (κ1) is 11.6. The minimum absolute atomic E-state index is 0.331. The molecule has 0 atom stereocenters. The second kappa shape index (κ2) is 5.46. The quantitative estimate of drug-likeness (QED) is 0.813. The summed E-state index contributed by atoms with van der Waals surface area (Å²) in [5.74, 6) is 0. The Morgan fingerprint density at radius 2 is 1.53 bits per heavy atom. The van der Waals surface area contributed by atoms with Gasteiger partial charge in [0.05, 0.1) is 0 Å². The lowest BCUT2D eigenvalue weighted by Gasteiger charge is -2.05.